The van der Waals surface area contributed by atoms with Crippen LogP contribution < -0.4 is 16.2 Å². The summed E-state index contributed by atoms with van der Waals surface area (Å²) in [5.41, 5.74) is 6.72. The van der Waals surface area contributed by atoms with Crippen molar-refractivity contribution in [2.24, 2.45) is 5.92 Å². The molecule has 0 saturated carbocycles. The van der Waals surface area contributed by atoms with E-state index in [0.29, 0.717) is 17.6 Å². The number of hydrogen-bond donors (Lipinski definition) is 3. The monoisotopic (exact) mass is 213 g/mol. The molecule has 14 heavy (non-hydrogen) atoms. The molecule has 3 N–H and O–H groups in total. The third kappa shape index (κ3) is 7.61. The fraction of sp³-hybridized carbons (Fsp3) is 0.500. The van der Waals surface area contributed by atoms with Gasteiger partial charge in [-0.25, -0.2) is 0 Å². The van der Waals surface area contributed by atoms with Gasteiger partial charge in [-0.05, 0) is 24.6 Å². The van der Waals surface area contributed by atoms with Crippen molar-refractivity contribution in [3.63, 3.8) is 0 Å². The number of hydrogen-bond acceptors (Lipinski definition) is 2. The Morgan fingerprint density at radius 3 is 2.57 bits per heavy atom. The zero-order valence-corrected chi connectivity index (χ0v) is 9.71. The van der Waals surface area contributed by atoms with Crippen molar-refractivity contribution in [1.29, 1.82) is 0 Å². The highest BCUT2D eigenvalue weighted by Crippen LogP contribution is 2.04. The van der Waals surface area contributed by atoms with Crippen molar-refractivity contribution in [3.8, 4) is 0 Å². The third-order valence-corrected chi connectivity index (χ3v) is 1.66. The standard InChI is InChI=1S/C10H19N3S/c1-5-6-11-10(14)13-12-9(4)7-8(2)3/h5,8,12H,1,4,6-7H2,2-3H3,(H2,11,13,14). The van der Waals surface area contributed by atoms with E-state index in [1.165, 1.54) is 0 Å². The molecule has 0 atom stereocenters. The van der Waals surface area contributed by atoms with Gasteiger partial charge in [-0.2, -0.15) is 0 Å². The zero-order chi connectivity index (χ0) is 11.0. The predicted molar refractivity (Wildman–Crippen MR) is 65.7 cm³/mol. The largest absolute Gasteiger partial charge is 0.358 e. The van der Waals surface area contributed by atoms with Crippen molar-refractivity contribution < 1.29 is 0 Å². The van der Waals surface area contributed by atoms with Crippen molar-refractivity contribution in [3.05, 3.63) is 24.9 Å². The Balaban J connectivity index is 3.55. The second-order valence-corrected chi connectivity index (χ2v) is 3.86. The third-order valence-electron chi connectivity index (χ3n) is 1.41. The van der Waals surface area contributed by atoms with Crippen LogP contribution in [0.25, 0.3) is 0 Å². The molecule has 0 unspecified atom stereocenters. The Bertz CT molecular complexity index is 211. The van der Waals surface area contributed by atoms with Crippen molar-refractivity contribution in [2.45, 2.75) is 20.3 Å². The lowest BCUT2D eigenvalue weighted by Gasteiger charge is -2.14. The summed E-state index contributed by atoms with van der Waals surface area (Å²) in [4.78, 5) is 0. The highest BCUT2D eigenvalue weighted by atomic mass is 32.1. The number of thiocarbonyl (C=S) groups is 1. The van der Waals surface area contributed by atoms with Crippen molar-refractivity contribution in [1.82, 2.24) is 16.2 Å². The lowest BCUT2D eigenvalue weighted by molar-refractivity contribution is 0.591. The van der Waals surface area contributed by atoms with Gasteiger partial charge in [0.25, 0.3) is 0 Å². The summed E-state index contributed by atoms with van der Waals surface area (Å²) in [6.07, 6.45) is 2.67. The fourth-order valence-electron chi connectivity index (χ4n) is 0.898. The summed E-state index contributed by atoms with van der Waals surface area (Å²) in [6, 6.07) is 0. The Kier molecular flexibility index (Phi) is 6.84. The minimum atomic E-state index is 0.551. The molecule has 0 aromatic rings. The Labute approximate surface area is 91.6 Å². The van der Waals surface area contributed by atoms with Gasteiger partial charge in [-0.1, -0.05) is 26.5 Å². The lowest BCUT2D eigenvalue weighted by Crippen LogP contribution is -2.43. The first-order chi connectivity index (χ1) is 6.56. The average Bonchev–Trinajstić information content (AvgIpc) is 2.10. The molecule has 0 aliphatic rings. The van der Waals surface area contributed by atoms with Gasteiger partial charge in [0.2, 0.25) is 0 Å². The highest BCUT2D eigenvalue weighted by molar-refractivity contribution is 7.80. The van der Waals surface area contributed by atoms with E-state index in [-0.39, 0.29) is 0 Å². The number of allylic oxidation sites excluding steroid dienone is 1. The highest BCUT2D eigenvalue weighted by Gasteiger charge is 1.98. The normalized spacial score (nSPS) is 9.36. The Morgan fingerprint density at radius 2 is 2.07 bits per heavy atom. The van der Waals surface area contributed by atoms with E-state index < -0.39 is 0 Å². The number of rotatable bonds is 6. The van der Waals surface area contributed by atoms with Gasteiger partial charge in [0.1, 0.15) is 0 Å². The number of hydrazine groups is 1. The number of nitrogens with one attached hydrogen (secondary N) is 3. The van der Waals surface area contributed by atoms with Crippen LogP contribution in [0.5, 0.6) is 0 Å². The van der Waals surface area contributed by atoms with E-state index in [0.717, 1.165) is 12.1 Å². The summed E-state index contributed by atoms with van der Waals surface area (Å²) < 4.78 is 0. The average molecular weight is 213 g/mol. The molecule has 0 spiro atoms. The van der Waals surface area contributed by atoms with E-state index >= 15 is 0 Å². The molecule has 80 valence electrons. The molecular weight excluding hydrogens is 194 g/mol. The van der Waals surface area contributed by atoms with Crippen LogP contribution in [0.2, 0.25) is 0 Å². The van der Waals surface area contributed by atoms with Gasteiger partial charge < -0.3 is 10.7 Å². The molecular formula is C10H19N3S. The van der Waals surface area contributed by atoms with E-state index in [9.17, 15) is 0 Å². The maximum Gasteiger partial charge on any atom is 0.185 e. The first-order valence-electron chi connectivity index (χ1n) is 4.64. The molecule has 0 aliphatic carbocycles. The van der Waals surface area contributed by atoms with Gasteiger partial charge in [-0.15, -0.1) is 6.58 Å². The van der Waals surface area contributed by atoms with Crippen LogP contribution in [0.15, 0.2) is 24.9 Å². The summed E-state index contributed by atoms with van der Waals surface area (Å²) in [5, 5.41) is 3.49. The van der Waals surface area contributed by atoms with Crippen molar-refractivity contribution >= 4 is 17.3 Å². The smallest absolute Gasteiger partial charge is 0.185 e. The van der Waals surface area contributed by atoms with Crippen LogP contribution in [0.4, 0.5) is 0 Å². The second kappa shape index (κ2) is 7.38. The second-order valence-electron chi connectivity index (χ2n) is 3.45. The molecule has 0 amide bonds. The summed E-state index contributed by atoms with van der Waals surface area (Å²) in [6.45, 7) is 12.4. The first-order valence-corrected chi connectivity index (χ1v) is 5.05. The molecule has 0 aliphatic heterocycles. The molecule has 0 bridgehead atoms. The van der Waals surface area contributed by atoms with E-state index in [4.69, 9.17) is 12.2 Å². The Morgan fingerprint density at radius 1 is 1.43 bits per heavy atom. The maximum atomic E-state index is 4.98. The van der Waals surface area contributed by atoms with Gasteiger partial charge in [0, 0.05) is 12.2 Å². The van der Waals surface area contributed by atoms with Crippen LogP contribution in [0, 0.1) is 5.92 Å². The van der Waals surface area contributed by atoms with Gasteiger partial charge in [0.15, 0.2) is 5.11 Å². The van der Waals surface area contributed by atoms with Crippen LogP contribution in [-0.4, -0.2) is 11.7 Å². The summed E-state index contributed by atoms with van der Waals surface area (Å²) in [5.74, 6) is 0.589. The predicted octanol–water partition coefficient (Wildman–Crippen LogP) is 1.70. The van der Waals surface area contributed by atoms with E-state index in [1.807, 2.05) is 0 Å². The van der Waals surface area contributed by atoms with Gasteiger partial charge >= 0.3 is 0 Å². The van der Waals surface area contributed by atoms with Crippen LogP contribution >= 0.6 is 12.2 Å². The SMILES string of the molecule is C=CCNC(=S)NNC(=C)CC(C)C. The molecule has 0 aromatic carbocycles. The van der Waals surface area contributed by atoms with Gasteiger partial charge in [0.05, 0.1) is 0 Å². The minimum Gasteiger partial charge on any atom is -0.358 e. The molecule has 0 saturated heterocycles. The van der Waals surface area contributed by atoms with Crippen molar-refractivity contribution in [2.75, 3.05) is 6.54 Å². The fourth-order valence-corrected chi connectivity index (χ4v) is 1.03. The van der Waals surface area contributed by atoms with E-state index in [1.54, 1.807) is 6.08 Å². The quantitative estimate of drug-likeness (QED) is 0.356. The van der Waals surface area contributed by atoms with Crippen LogP contribution in [-0.2, 0) is 0 Å². The molecule has 3 nitrogen and oxygen atoms in total. The van der Waals surface area contributed by atoms with Crippen LogP contribution in [0.3, 0.4) is 0 Å². The van der Waals surface area contributed by atoms with E-state index in [2.05, 4.69) is 43.2 Å². The topological polar surface area (TPSA) is 36.1 Å². The van der Waals surface area contributed by atoms with Gasteiger partial charge in [-0.3, -0.25) is 5.43 Å². The minimum absolute atomic E-state index is 0.551. The maximum absolute atomic E-state index is 4.98. The Hall–Kier alpha value is -1.03. The summed E-state index contributed by atoms with van der Waals surface area (Å²) >= 11 is 4.98. The zero-order valence-electron chi connectivity index (χ0n) is 8.89. The van der Waals surface area contributed by atoms with Crippen LogP contribution in [0.1, 0.15) is 20.3 Å². The molecule has 0 rings (SSSR count). The summed E-state index contributed by atoms with van der Waals surface area (Å²) in [7, 11) is 0. The molecule has 0 fully saturated rings. The molecule has 0 aromatic heterocycles. The molecule has 0 radical (unpaired) electrons. The molecule has 4 heteroatoms. The molecule has 0 heterocycles. The lowest BCUT2D eigenvalue weighted by atomic mass is 10.1. The first kappa shape index (κ1) is 13.0.